The van der Waals surface area contributed by atoms with Gasteiger partial charge in [-0.3, -0.25) is 0 Å². The van der Waals surface area contributed by atoms with Crippen molar-refractivity contribution in [1.29, 1.82) is 0 Å². The Morgan fingerprint density at radius 3 is 2.62 bits per heavy atom. The van der Waals surface area contributed by atoms with Crippen LogP contribution in [0.1, 0.15) is 6.92 Å². The quantitative estimate of drug-likeness (QED) is 0.764. The van der Waals surface area contributed by atoms with Crippen LogP contribution in [0.4, 0.5) is 5.13 Å². The standard InChI is InChI=1S/C7H14N4O3S2/c1-3-11(4-5-14-2)16(12,13)7-10-9-6(8)15-7/h3-5H2,1-2H3,(H2,8,9). The summed E-state index contributed by atoms with van der Waals surface area (Å²) in [5.74, 6) is 0. The maximum absolute atomic E-state index is 12.0. The molecule has 0 atom stereocenters. The van der Waals surface area contributed by atoms with Gasteiger partial charge in [0.15, 0.2) is 0 Å². The van der Waals surface area contributed by atoms with Gasteiger partial charge in [-0.15, -0.1) is 10.2 Å². The van der Waals surface area contributed by atoms with Crippen molar-refractivity contribution < 1.29 is 13.2 Å². The predicted molar refractivity (Wildman–Crippen MR) is 60.6 cm³/mol. The number of hydrogen-bond donors (Lipinski definition) is 1. The number of sulfonamides is 1. The van der Waals surface area contributed by atoms with Crippen LogP contribution in [0.2, 0.25) is 0 Å². The molecule has 0 radical (unpaired) electrons. The number of nitrogen functional groups attached to an aromatic ring is 1. The molecule has 0 aliphatic carbocycles. The molecule has 1 aromatic rings. The summed E-state index contributed by atoms with van der Waals surface area (Å²) in [6.45, 7) is 2.72. The molecule has 1 aromatic heterocycles. The fraction of sp³-hybridized carbons (Fsp3) is 0.714. The lowest BCUT2D eigenvalue weighted by Gasteiger charge is -2.17. The summed E-state index contributed by atoms with van der Waals surface area (Å²) in [5, 5.41) is 7.17. The van der Waals surface area contributed by atoms with Gasteiger partial charge in [0.25, 0.3) is 10.0 Å². The molecule has 0 fully saturated rings. The lowest BCUT2D eigenvalue weighted by Crippen LogP contribution is -2.33. The Balaban J connectivity index is 2.90. The second kappa shape index (κ2) is 5.53. The Hall–Kier alpha value is -0.770. The third-order valence-corrected chi connectivity index (χ3v) is 4.95. The van der Waals surface area contributed by atoms with Crippen molar-refractivity contribution in [1.82, 2.24) is 14.5 Å². The van der Waals surface area contributed by atoms with E-state index in [0.29, 0.717) is 13.2 Å². The first-order chi connectivity index (χ1) is 7.52. The maximum atomic E-state index is 12.0. The minimum absolute atomic E-state index is 0.0806. The minimum Gasteiger partial charge on any atom is -0.383 e. The smallest absolute Gasteiger partial charge is 0.272 e. The normalized spacial score (nSPS) is 12.2. The van der Waals surface area contributed by atoms with E-state index in [9.17, 15) is 8.42 Å². The van der Waals surface area contributed by atoms with Gasteiger partial charge in [-0.25, -0.2) is 8.42 Å². The zero-order chi connectivity index (χ0) is 12.2. The van der Waals surface area contributed by atoms with E-state index in [4.69, 9.17) is 10.5 Å². The lowest BCUT2D eigenvalue weighted by atomic mass is 10.6. The SMILES string of the molecule is CCN(CCOC)S(=O)(=O)c1nnc(N)s1. The molecule has 16 heavy (non-hydrogen) atoms. The fourth-order valence-corrected chi connectivity index (χ4v) is 3.43. The molecule has 9 heteroatoms. The van der Waals surface area contributed by atoms with Gasteiger partial charge in [0.1, 0.15) is 0 Å². The Labute approximate surface area is 98.3 Å². The third-order valence-electron chi connectivity index (χ3n) is 1.88. The van der Waals surface area contributed by atoms with Gasteiger partial charge < -0.3 is 10.5 Å². The van der Waals surface area contributed by atoms with Crippen molar-refractivity contribution in [3.8, 4) is 0 Å². The molecule has 0 saturated heterocycles. The van der Waals surface area contributed by atoms with Crippen molar-refractivity contribution in [2.24, 2.45) is 0 Å². The Morgan fingerprint density at radius 2 is 2.19 bits per heavy atom. The zero-order valence-corrected chi connectivity index (χ0v) is 10.7. The summed E-state index contributed by atoms with van der Waals surface area (Å²) in [5.41, 5.74) is 5.35. The topological polar surface area (TPSA) is 98.4 Å². The summed E-state index contributed by atoms with van der Waals surface area (Å²) in [6.07, 6.45) is 0. The molecule has 0 aliphatic rings. The highest BCUT2D eigenvalue weighted by Crippen LogP contribution is 2.20. The molecule has 0 unspecified atom stereocenters. The van der Waals surface area contributed by atoms with Crippen LogP contribution in [0.5, 0.6) is 0 Å². The molecule has 1 rings (SSSR count). The molecule has 0 spiro atoms. The van der Waals surface area contributed by atoms with E-state index < -0.39 is 10.0 Å². The summed E-state index contributed by atoms with van der Waals surface area (Å²) in [6, 6.07) is 0. The Bertz CT molecular complexity index is 431. The maximum Gasteiger partial charge on any atom is 0.272 e. The van der Waals surface area contributed by atoms with Crippen LogP contribution in [0.3, 0.4) is 0 Å². The van der Waals surface area contributed by atoms with Crippen molar-refractivity contribution >= 4 is 26.5 Å². The Kier molecular flexibility index (Phi) is 4.59. The minimum atomic E-state index is -3.58. The third kappa shape index (κ3) is 2.88. The molecular formula is C7H14N4O3S2. The van der Waals surface area contributed by atoms with Crippen LogP contribution in [0.25, 0.3) is 0 Å². The fourth-order valence-electron chi connectivity index (χ4n) is 1.08. The van der Waals surface area contributed by atoms with Crippen molar-refractivity contribution in [2.75, 3.05) is 32.5 Å². The first-order valence-corrected chi connectivity index (χ1v) is 6.86. The lowest BCUT2D eigenvalue weighted by molar-refractivity contribution is 0.180. The molecule has 0 amide bonds. The number of ether oxygens (including phenoxy) is 1. The first-order valence-electron chi connectivity index (χ1n) is 4.60. The Morgan fingerprint density at radius 1 is 1.50 bits per heavy atom. The largest absolute Gasteiger partial charge is 0.383 e. The molecular weight excluding hydrogens is 252 g/mol. The molecule has 7 nitrogen and oxygen atoms in total. The number of methoxy groups -OCH3 is 1. The van der Waals surface area contributed by atoms with Crippen LogP contribution in [-0.2, 0) is 14.8 Å². The summed E-state index contributed by atoms with van der Waals surface area (Å²) >= 11 is 0.857. The molecule has 0 aliphatic heterocycles. The van der Waals surface area contributed by atoms with Crippen LogP contribution in [0, 0.1) is 0 Å². The molecule has 1 heterocycles. The zero-order valence-electron chi connectivity index (χ0n) is 9.08. The highest BCUT2D eigenvalue weighted by atomic mass is 32.2. The second-order valence-corrected chi connectivity index (χ2v) is 6.02. The van der Waals surface area contributed by atoms with E-state index in [2.05, 4.69) is 10.2 Å². The van der Waals surface area contributed by atoms with Crippen molar-refractivity contribution in [3.05, 3.63) is 0 Å². The summed E-state index contributed by atoms with van der Waals surface area (Å²) < 4.78 is 30.1. The van der Waals surface area contributed by atoms with Gasteiger partial charge >= 0.3 is 0 Å². The number of anilines is 1. The molecule has 2 N–H and O–H groups in total. The van der Waals surface area contributed by atoms with Crippen LogP contribution in [-0.4, -0.2) is 49.7 Å². The van der Waals surface area contributed by atoms with Gasteiger partial charge in [0.05, 0.1) is 6.61 Å². The number of nitrogens with two attached hydrogens (primary N) is 1. The number of nitrogens with zero attached hydrogens (tertiary/aromatic N) is 3. The number of rotatable bonds is 6. The van der Waals surface area contributed by atoms with Gasteiger partial charge in [-0.1, -0.05) is 18.3 Å². The number of hydrogen-bond acceptors (Lipinski definition) is 7. The van der Waals surface area contributed by atoms with E-state index in [1.54, 1.807) is 6.92 Å². The average Bonchev–Trinajstić information content (AvgIpc) is 2.66. The predicted octanol–water partition coefficient (Wildman–Crippen LogP) is -0.223. The summed E-state index contributed by atoms with van der Waals surface area (Å²) in [7, 11) is -2.07. The van der Waals surface area contributed by atoms with Gasteiger partial charge in [0.2, 0.25) is 9.47 Å². The van der Waals surface area contributed by atoms with Crippen molar-refractivity contribution in [3.63, 3.8) is 0 Å². The number of likely N-dealkylation sites (N-methyl/N-ethyl adjacent to an activating group) is 1. The van der Waals surface area contributed by atoms with Crippen LogP contribution < -0.4 is 5.73 Å². The first kappa shape index (κ1) is 13.3. The van der Waals surface area contributed by atoms with E-state index in [0.717, 1.165) is 11.3 Å². The number of aromatic nitrogens is 2. The van der Waals surface area contributed by atoms with Gasteiger partial charge in [-0.2, -0.15) is 4.31 Å². The van der Waals surface area contributed by atoms with Gasteiger partial charge in [0, 0.05) is 20.2 Å². The summed E-state index contributed by atoms with van der Waals surface area (Å²) in [4.78, 5) is 0. The highest BCUT2D eigenvalue weighted by Gasteiger charge is 2.26. The van der Waals surface area contributed by atoms with Gasteiger partial charge in [-0.05, 0) is 0 Å². The average molecular weight is 266 g/mol. The second-order valence-electron chi connectivity index (χ2n) is 2.90. The molecule has 0 saturated carbocycles. The van der Waals surface area contributed by atoms with E-state index in [-0.39, 0.29) is 16.0 Å². The van der Waals surface area contributed by atoms with Crippen LogP contribution >= 0.6 is 11.3 Å². The molecule has 92 valence electrons. The van der Waals surface area contributed by atoms with Crippen LogP contribution in [0.15, 0.2) is 4.34 Å². The van der Waals surface area contributed by atoms with E-state index in [1.165, 1.54) is 11.4 Å². The molecule has 0 bridgehead atoms. The van der Waals surface area contributed by atoms with E-state index >= 15 is 0 Å². The van der Waals surface area contributed by atoms with Crippen molar-refractivity contribution in [2.45, 2.75) is 11.3 Å². The molecule has 0 aromatic carbocycles. The highest BCUT2D eigenvalue weighted by molar-refractivity contribution is 7.91. The van der Waals surface area contributed by atoms with E-state index in [1.807, 2.05) is 0 Å². The monoisotopic (exact) mass is 266 g/mol.